The molecule has 0 radical (unpaired) electrons. The number of nitrogens with zero attached hydrogens (tertiary/aromatic N) is 3. The van der Waals surface area contributed by atoms with Crippen LogP contribution in [0.2, 0.25) is 0 Å². The van der Waals surface area contributed by atoms with E-state index in [-0.39, 0.29) is 31.5 Å². The van der Waals surface area contributed by atoms with Gasteiger partial charge in [-0.05, 0) is 62.5 Å². The maximum atomic E-state index is 14.3. The lowest BCUT2D eigenvalue weighted by Crippen LogP contribution is -2.59. The molecule has 2 aliphatic heterocycles. The Morgan fingerprint density at radius 2 is 1.87 bits per heavy atom. The first-order valence-corrected chi connectivity index (χ1v) is 16.0. The summed E-state index contributed by atoms with van der Waals surface area (Å²) in [5, 5.41) is 12.5. The summed E-state index contributed by atoms with van der Waals surface area (Å²) in [7, 11) is 0. The molecule has 1 spiro atoms. The monoisotopic (exact) mass is 627 g/mol. The Kier molecular flexibility index (Phi) is 9.52. The van der Waals surface area contributed by atoms with Gasteiger partial charge in [-0.3, -0.25) is 24.0 Å². The van der Waals surface area contributed by atoms with Crippen LogP contribution in [-0.4, -0.2) is 86.7 Å². The molecule has 3 heterocycles. The van der Waals surface area contributed by atoms with Gasteiger partial charge in [-0.15, -0.1) is 0 Å². The van der Waals surface area contributed by atoms with E-state index in [9.17, 15) is 24.0 Å². The smallest absolute Gasteiger partial charge is 0.408 e. The number of ketones is 1. The number of nitrogens with one attached hydrogen (secondary N) is 4. The number of alkyl carbamates (subject to hydrolysis) is 1. The van der Waals surface area contributed by atoms with E-state index < -0.39 is 58.7 Å². The molecule has 4 aliphatic rings. The standard InChI is InChI=1S/C31H45N7O7/c1-5-9-21(24(39)27(41)33-19-12-13-19)34-26(40)22-16-31(17-23(36-45-31)38-15-8-14-32-38)18-37(22)28(42)25(30(2,3)4)35-29(43)44-20-10-6-7-11-20/h8,14-15,17,19-22,25,36H,5-7,9-13,16,18H2,1-4H3,(H,33,41)(H,34,40)(H,35,43)/t21-,22-,25+,31-/m0/s1. The molecule has 4 atom stereocenters. The Morgan fingerprint density at radius 3 is 2.49 bits per heavy atom. The Bertz CT molecular complexity index is 1310. The van der Waals surface area contributed by atoms with Crippen LogP contribution in [0.3, 0.4) is 0 Å². The summed E-state index contributed by atoms with van der Waals surface area (Å²) < 4.78 is 7.17. The Labute approximate surface area is 262 Å². The number of aromatic nitrogens is 2. The number of hydrogen-bond donors (Lipinski definition) is 4. The Balaban J connectivity index is 1.39. The average molecular weight is 628 g/mol. The van der Waals surface area contributed by atoms with Gasteiger partial charge in [0.15, 0.2) is 0 Å². The summed E-state index contributed by atoms with van der Waals surface area (Å²) in [6.45, 7) is 7.32. The van der Waals surface area contributed by atoms with Crippen LogP contribution in [0, 0.1) is 5.41 Å². The SMILES string of the molecule is CCC[C@H](NC(=O)[C@@H]1C[C@]2(C=C(n3cccn3)NO2)CN1C(=O)[C@@H](NC(=O)OC1CCCC1)C(C)(C)C)C(=O)C(=O)NC1CC1. The number of ether oxygens (including phenoxy) is 1. The first-order chi connectivity index (χ1) is 21.4. The highest BCUT2D eigenvalue weighted by Crippen LogP contribution is 2.38. The van der Waals surface area contributed by atoms with Crippen LogP contribution in [-0.2, 0) is 28.8 Å². The minimum Gasteiger partial charge on any atom is -0.446 e. The average Bonchev–Trinajstić information content (AvgIpc) is 3.46. The lowest BCUT2D eigenvalue weighted by atomic mass is 9.85. The third kappa shape index (κ3) is 7.66. The van der Waals surface area contributed by atoms with Crippen molar-refractivity contribution in [3.8, 4) is 0 Å². The number of hydrogen-bond acceptors (Lipinski definition) is 9. The van der Waals surface area contributed by atoms with Crippen molar-refractivity contribution in [3.05, 3.63) is 24.5 Å². The molecular formula is C31H45N7O7. The van der Waals surface area contributed by atoms with Gasteiger partial charge in [-0.2, -0.15) is 5.10 Å². The van der Waals surface area contributed by atoms with Crippen molar-refractivity contribution in [1.29, 1.82) is 0 Å². The maximum absolute atomic E-state index is 14.3. The van der Waals surface area contributed by atoms with Crippen LogP contribution in [0.25, 0.3) is 5.82 Å². The lowest BCUT2D eigenvalue weighted by Gasteiger charge is -2.35. The highest BCUT2D eigenvalue weighted by Gasteiger charge is 2.54. The predicted molar refractivity (Wildman–Crippen MR) is 162 cm³/mol. The van der Waals surface area contributed by atoms with Crippen molar-refractivity contribution in [2.75, 3.05) is 6.54 Å². The van der Waals surface area contributed by atoms with Crippen molar-refractivity contribution >= 4 is 35.4 Å². The zero-order valence-corrected chi connectivity index (χ0v) is 26.5. The summed E-state index contributed by atoms with van der Waals surface area (Å²) in [5.41, 5.74) is 1.02. The predicted octanol–water partition coefficient (Wildman–Crippen LogP) is 1.77. The fourth-order valence-corrected chi connectivity index (χ4v) is 6.12. The number of likely N-dealkylation sites (tertiary alicyclic amines) is 1. The summed E-state index contributed by atoms with van der Waals surface area (Å²) in [4.78, 5) is 74.3. The normalized spacial score (nSPS) is 24.5. The van der Waals surface area contributed by atoms with Crippen LogP contribution in [0.15, 0.2) is 24.5 Å². The second kappa shape index (κ2) is 13.2. The van der Waals surface area contributed by atoms with Gasteiger partial charge in [0.05, 0.1) is 12.6 Å². The molecule has 2 aliphatic carbocycles. The second-order valence-electron chi connectivity index (χ2n) is 13.7. The highest BCUT2D eigenvalue weighted by molar-refractivity contribution is 6.38. The molecule has 1 aromatic rings. The van der Waals surface area contributed by atoms with Gasteiger partial charge >= 0.3 is 6.09 Å². The van der Waals surface area contributed by atoms with Gasteiger partial charge in [0.1, 0.15) is 29.6 Å². The molecule has 3 fully saturated rings. The summed E-state index contributed by atoms with van der Waals surface area (Å²) >= 11 is 0. The number of hydroxylamine groups is 1. The largest absolute Gasteiger partial charge is 0.446 e. The van der Waals surface area contributed by atoms with Crippen LogP contribution in [0.4, 0.5) is 4.79 Å². The number of Topliss-reactive ketones (excluding diaryl/α,β-unsaturated/α-hetero) is 1. The lowest BCUT2D eigenvalue weighted by molar-refractivity contribution is -0.144. The van der Waals surface area contributed by atoms with Gasteiger partial charge in [0, 0.05) is 24.9 Å². The van der Waals surface area contributed by atoms with E-state index in [4.69, 9.17) is 9.57 Å². The van der Waals surface area contributed by atoms with E-state index in [1.165, 1.54) is 4.90 Å². The molecule has 0 aromatic carbocycles. The maximum Gasteiger partial charge on any atom is 0.408 e. The first kappa shape index (κ1) is 32.5. The van der Waals surface area contributed by atoms with Crippen molar-refractivity contribution in [2.45, 2.75) is 121 Å². The van der Waals surface area contributed by atoms with E-state index in [2.05, 4.69) is 26.5 Å². The second-order valence-corrected chi connectivity index (χ2v) is 13.7. The zero-order valence-electron chi connectivity index (χ0n) is 26.5. The number of rotatable bonds is 11. The molecule has 1 saturated heterocycles. The van der Waals surface area contributed by atoms with Gasteiger partial charge in [0.25, 0.3) is 5.91 Å². The van der Waals surface area contributed by atoms with Crippen molar-refractivity contribution in [2.24, 2.45) is 5.41 Å². The zero-order chi connectivity index (χ0) is 32.4. The van der Waals surface area contributed by atoms with Gasteiger partial charge in [-0.1, -0.05) is 34.1 Å². The molecule has 45 heavy (non-hydrogen) atoms. The van der Waals surface area contributed by atoms with Gasteiger partial charge in [0.2, 0.25) is 17.6 Å². The molecule has 4 amide bonds. The van der Waals surface area contributed by atoms with Gasteiger partial charge < -0.3 is 25.6 Å². The minimum absolute atomic E-state index is 0.00722. The van der Waals surface area contributed by atoms with E-state index >= 15 is 0 Å². The molecule has 1 aromatic heterocycles. The third-order valence-corrected chi connectivity index (χ3v) is 8.75. The highest BCUT2D eigenvalue weighted by atomic mass is 16.7. The van der Waals surface area contributed by atoms with Crippen LogP contribution in [0.1, 0.15) is 85.5 Å². The molecule has 246 valence electrons. The number of carbonyl (C=O) groups excluding carboxylic acids is 5. The van der Waals surface area contributed by atoms with E-state index in [0.717, 1.165) is 38.5 Å². The van der Waals surface area contributed by atoms with Crippen molar-refractivity contribution < 1.29 is 33.5 Å². The summed E-state index contributed by atoms with van der Waals surface area (Å²) in [6.07, 6.45) is 10.3. The molecule has 2 saturated carbocycles. The fourth-order valence-electron chi connectivity index (χ4n) is 6.12. The molecular weight excluding hydrogens is 582 g/mol. The van der Waals surface area contributed by atoms with Crippen molar-refractivity contribution in [3.63, 3.8) is 0 Å². The molecule has 0 bridgehead atoms. The van der Waals surface area contributed by atoms with Crippen LogP contribution in [0.5, 0.6) is 0 Å². The summed E-state index contributed by atoms with van der Waals surface area (Å²) in [5.74, 6) is -1.99. The van der Waals surface area contributed by atoms with E-state index in [1.807, 2.05) is 27.7 Å². The molecule has 14 heteroatoms. The molecule has 0 unspecified atom stereocenters. The number of carbonyl (C=O) groups is 5. The minimum atomic E-state index is -1.10. The first-order valence-electron chi connectivity index (χ1n) is 16.0. The van der Waals surface area contributed by atoms with E-state index in [1.54, 1.807) is 29.2 Å². The van der Waals surface area contributed by atoms with Crippen LogP contribution < -0.4 is 21.4 Å². The fraction of sp³-hybridized carbons (Fsp3) is 0.677. The van der Waals surface area contributed by atoms with E-state index in [0.29, 0.717) is 12.2 Å². The number of amides is 4. The topological polar surface area (TPSA) is 173 Å². The van der Waals surface area contributed by atoms with Crippen LogP contribution >= 0.6 is 0 Å². The Morgan fingerprint density at radius 1 is 1.13 bits per heavy atom. The quantitative estimate of drug-likeness (QED) is 0.267. The Hall–Kier alpha value is -3.94. The van der Waals surface area contributed by atoms with Gasteiger partial charge in [-0.25, -0.2) is 15.0 Å². The molecule has 4 N–H and O–H groups in total. The molecule has 14 nitrogen and oxygen atoms in total. The third-order valence-electron chi connectivity index (χ3n) is 8.75. The van der Waals surface area contributed by atoms with Crippen molar-refractivity contribution in [1.82, 2.24) is 36.1 Å². The molecule has 5 rings (SSSR count). The summed E-state index contributed by atoms with van der Waals surface area (Å²) in [6, 6.07) is -1.40.